The lowest BCUT2D eigenvalue weighted by Crippen LogP contribution is -2.08. The summed E-state index contributed by atoms with van der Waals surface area (Å²) in [7, 11) is 0. The molecule has 0 fully saturated rings. The number of ether oxygens (including phenoxy) is 4. The summed E-state index contributed by atoms with van der Waals surface area (Å²) < 4.78 is 22.4. The topological polar surface area (TPSA) is 153 Å². The second-order valence-electron chi connectivity index (χ2n) is 23.8. The maximum Gasteiger partial charge on any atom is 0.343 e. The average molecular weight is 1220 g/mol. The van der Waals surface area contributed by atoms with Crippen LogP contribution < -0.4 is 18.9 Å². The molecule has 8 aromatic carbocycles. The van der Waals surface area contributed by atoms with Crippen molar-refractivity contribution < 1.29 is 38.1 Å². The lowest BCUT2D eigenvalue weighted by atomic mass is 10.0. The predicted molar refractivity (Wildman–Crippen MR) is 360 cm³/mol. The number of hydrogen-bond acceptors (Lipinski definition) is 10. The van der Waals surface area contributed by atoms with Gasteiger partial charge in [-0.3, -0.25) is 0 Å². The number of aryl methyl sites for hydroxylation is 6. The summed E-state index contributed by atoms with van der Waals surface area (Å²) in [5, 5.41) is 17.9. The molecule has 0 bridgehead atoms. The number of nitriles is 2. The molecule has 8 rings (SSSR count). The van der Waals surface area contributed by atoms with Gasteiger partial charge in [-0.2, -0.15) is 10.5 Å². The second-order valence-corrected chi connectivity index (χ2v) is 23.8. The average Bonchev–Trinajstić information content (AvgIpc) is 3.79. The minimum Gasteiger partial charge on any atom is -0.423 e. The third kappa shape index (κ3) is 24.5. The van der Waals surface area contributed by atoms with Crippen LogP contribution in [0.1, 0.15) is 221 Å². The molecule has 0 saturated carbocycles. The summed E-state index contributed by atoms with van der Waals surface area (Å²) in [6.07, 6.45) is 30.9. The highest BCUT2D eigenvalue weighted by molar-refractivity contribution is 5.93. The first kappa shape index (κ1) is 67.5. The van der Waals surface area contributed by atoms with Crippen LogP contribution in [0.3, 0.4) is 0 Å². The molecule has 10 nitrogen and oxygen atoms in total. The van der Waals surface area contributed by atoms with Gasteiger partial charge >= 0.3 is 23.9 Å². The Labute approximate surface area is 539 Å². The molecule has 0 aliphatic rings. The fourth-order valence-electron chi connectivity index (χ4n) is 11.2. The zero-order valence-electron chi connectivity index (χ0n) is 52.7. The van der Waals surface area contributed by atoms with E-state index in [-0.39, 0.29) is 11.9 Å². The van der Waals surface area contributed by atoms with Crippen LogP contribution in [0.5, 0.6) is 23.0 Å². The van der Waals surface area contributed by atoms with Crippen LogP contribution >= 0.6 is 0 Å². The highest BCUT2D eigenvalue weighted by Crippen LogP contribution is 2.24. The van der Waals surface area contributed by atoms with Crippen molar-refractivity contribution in [3.63, 3.8) is 0 Å². The SMILES string of the molecule is N#Cc1ccc(C(=O)Oc2ccc(CCCCCCCCCc3ccc(OC(=O)c4ccc(CCCCCCCCCc5ccc(C(=O)Oc6ccc(CCCCCCCCCc7ccc(OC(=O)c8ccc(C#N)cc8)cc7)cc6)cc5)cc4)cc3)cc2)cc1. The van der Waals surface area contributed by atoms with E-state index in [1.807, 2.05) is 133 Å². The largest absolute Gasteiger partial charge is 0.423 e. The van der Waals surface area contributed by atoms with Crippen molar-refractivity contribution >= 4 is 23.9 Å². The first-order valence-corrected chi connectivity index (χ1v) is 33.1. The maximum absolute atomic E-state index is 12.9. The van der Waals surface area contributed by atoms with Crippen molar-refractivity contribution in [1.29, 1.82) is 10.5 Å². The molecule has 0 amide bonds. The normalized spacial score (nSPS) is 10.9. The molecule has 0 atom stereocenters. The van der Waals surface area contributed by atoms with Gasteiger partial charge in [-0.1, -0.05) is 169 Å². The molecule has 0 spiro atoms. The van der Waals surface area contributed by atoms with Gasteiger partial charge in [0, 0.05) is 0 Å². The first-order valence-electron chi connectivity index (χ1n) is 33.1. The van der Waals surface area contributed by atoms with Gasteiger partial charge in [-0.05, 0) is 232 Å². The van der Waals surface area contributed by atoms with Gasteiger partial charge in [-0.25, -0.2) is 19.2 Å². The van der Waals surface area contributed by atoms with E-state index in [9.17, 15) is 19.2 Å². The van der Waals surface area contributed by atoms with Crippen LogP contribution in [0.4, 0.5) is 0 Å². The summed E-state index contributed by atoms with van der Waals surface area (Å²) in [6, 6.07) is 63.9. The van der Waals surface area contributed by atoms with Crippen molar-refractivity contribution in [2.45, 2.75) is 173 Å². The Morgan fingerprint density at radius 3 is 0.549 bits per heavy atom. The van der Waals surface area contributed by atoms with E-state index >= 15 is 0 Å². The molecule has 8 aromatic rings. The molecule has 0 aliphatic heterocycles. The molecular weight excluding hydrogens is 1130 g/mol. The van der Waals surface area contributed by atoms with Gasteiger partial charge in [0.2, 0.25) is 0 Å². The van der Waals surface area contributed by atoms with Gasteiger partial charge in [0.15, 0.2) is 0 Å². The van der Waals surface area contributed by atoms with Crippen molar-refractivity contribution in [3.05, 3.63) is 261 Å². The smallest absolute Gasteiger partial charge is 0.343 e. The van der Waals surface area contributed by atoms with Crippen molar-refractivity contribution in [2.75, 3.05) is 0 Å². The molecule has 91 heavy (non-hydrogen) atoms. The quantitative estimate of drug-likeness (QED) is 0.0208. The molecule has 0 N–H and O–H groups in total. The number of rotatable bonds is 38. The van der Waals surface area contributed by atoms with Gasteiger partial charge in [0.1, 0.15) is 23.0 Å². The van der Waals surface area contributed by atoms with Crippen molar-refractivity contribution in [2.24, 2.45) is 0 Å². The van der Waals surface area contributed by atoms with E-state index in [1.165, 1.54) is 130 Å². The molecule has 0 aromatic heterocycles. The van der Waals surface area contributed by atoms with E-state index in [0.717, 1.165) is 77.0 Å². The summed E-state index contributed by atoms with van der Waals surface area (Å²) in [5.74, 6) is 0.599. The summed E-state index contributed by atoms with van der Waals surface area (Å²) in [4.78, 5) is 50.7. The fourth-order valence-corrected chi connectivity index (χ4v) is 11.2. The third-order valence-corrected chi connectivity index (χ3v) is 16.7. The summed E-state index contributed by atoms with van der Waals surface area (Å²) in [6.45, 7) is 0. The molecular formula is C81H86N2O8. The van der Waals surface area contributed by atoms with Crippen LogP contribution in [0.15, 0.2) is 194 Å². The maximum atomic E-state index is 12.9. The predicted octanol–water partition coefficient (Wildman–Crippen LogP) is 19.9. The summed E-state index contributed by atoms with van der Waals surface area (Å²) in [5.41, 5.74) is 10.4. The molecule has 468 valence electrons. The minimum absolute atomic E-state index is 0.338. The molecule has 0 aliphatic carbocycles. The second kappa shape index (κ2) is 38.2. The molecule has 0 unspecified atom stereocenters. The van der Waals surface area contributed by atoms with E-state index in [2.05, 4.69) is 24.3 Å². The third-order valence-electron chi connectivity index (χ3n) is 16.7. The Kier molecular flexibility index (Phi) is 28.4. The molecule has 0 heterocycles. The Morgan fingerprint density at radius 2 is 0.374 bits per heavy atom. The number of carbonyl (C=O) groups is 4. The van der Waals surface area contributed by atoms with Crippen molar-refractivity contribution in [3.8, 4) is 35.1 Å². The highest BCUT2D eigenvalue weighted by Gasteiger charge is 2.14. The lowest BCUT2D eigenvalue weighted by Gasteiger charge is -2.08. The van der Waals surface area contributed by atoms with Gasteiger partial charge in [0.05, 0.1) is 45.5 Å². The Balaban J connectivity index is 0.575. The van der Waals surface area contributed by atoms with E-state index in [1.54, 1.807) is 48.5 Å². The van der Waals surface area contributed by atoms with Crippen LogP contribution in [0.2, 0.25) is 0 Å². The van der Waals surface area contributed by atoms with Gasteiger partial charge in [0.25, 0.3) is 0 Å². The number of benzene rings is 8. The molecule has 0 radical (unpaired) electrons. The fraction of sp³-hybridized carbons (Fsp3) is 0.333. The number of carbonyl (C=O) groups excluding carboxylic acids is 4. The number of unbranched alkanes of at least 4 members (excludes halogenated alkanes) is 18. The molecule has 0 saturated heterocycles. The van der Waals surface area contributed by atoms with Crippen LogP contribution in [-0.2, 0) is 38.5 Å². The first-order chi connectivity index (χ1) is 44.7. The number of hydrogen-bond donors (Lipinski definition) is 0. The van der Waals surface area contributed by atoms with E-state index in [0.29, 0.717) is 56.4 Å². The summed E-state index contributed by atoms with van der Waals surface area (Å²) >= 11 is 0. The van der Waals surface area contributed by atoms with E-state index < -0.39 is 11.9 Å². The Morgan fingerprint density at radius 1 is 0.220 bits per heavy atom. The van der Waals surface area contributed by atoms with Crippen molar-refractivity contribution in [1.82, 2.24) is 0 Å². The Bertz CT molecular complexity index is 3320. The monoisotopic (exact) mass is 1210 g/mol. The zero-order chi connectivity index (χ0) is 63.5. The van der Waals surface area contributed by atoms with Crippen LogP contribution in [0, 0.1) is 22.7 Å². The van der Waals surface area contributed by atoms with Crippen LogP contribution in [0.25, 0.3) is 0 Å². The molecule has 10 heteroatoms. The Hall–Kier alpha value is -9.38. The zero-order valence-corrected chi connectivity index (χ0v) is 52.7. The van der Waals surface area contributed by atoms with Gasteiger partial charge < -0.3 is 18.9 Å². The standard InChI is InChI=1S/C81H86N2O8/c82-60-68-32-48-72(49-33-68)80(86)90-76-56-40-66(41-57-76)26-20-14-8-2-6-12-18-24-64-36-52-74(53-37-64)88-78(84)70-44-28-62(29-45-70)22-16-10-4-1-5-11-17-23-63-30-46-71(47-31-63)79(85)89-75-54-38-65(39-55-75)25-19-13-7-3-9-15-21-27-67-42-58-77(59-43-67)91-81(87)73-50-34-69(61-83)35-51-73/h28-59H,1-27H2. The van der Waals surface area contributed by atoms with Gasteiger partial charge in [-0.15, -0.1) is 0 Å². The lowest BCUT2D eigenvalue weighted by molar-refractivity contribution is 0.0725. The highest BCUT2D eigenvalue weighted by atomic mass is 16.5. The minimum atomic E-state index is -0.436. The van der Waals surface area contributed by atoms with E-state index in [4.69, 9.17) is 29.5 Å². The van der Waals surface area contributed by atoms with Crippen LogP contribution in [-0.4, -0.2) is 23.9 Å². The number of nitrogens with zero attached hydrogens (tertiary/aromatic N) is 2. The number of esters is 4.